The van der Waals surface area contributed by atoms with Crippen molar-refractivity contribution in [3.05, 3.63) is 176 Å². The Balaban J connectivity index is 1.03. The number of benzene rings is 9. The monoisotopic (exact) mass is 715 g/mol. The van der Waals surface area contributed by atoms with Crippen LogP contribution in [0.15, 0.2) is 185 Å². The highest BCUT2D eigenvalue weighted by atomic mass is 16.3. The van der Waals surface area contributed by atoms with Crippen LogP contribution in [0.3, 0.4) is 0 Å². The summed E-state index contributed by atoms with van der Waals surface area (Å²) in [5, 5.41) is 11.7. The Kier molecular flexibility index (Phi) is 6.56. The molecule has 0 saturated heterocycles. The van der Waals surface area contributed by atoms with Gasteiger partial charge in [0.05, 0.1) is 5.56 Å². The lowest BCUT2D eigenvalue weighted by atomic mass is 9.91. The van der Waals surface area contributed by atoms with Gasteiger partial charge in [-0.1, -0.05) is 140 Å². The average Bonchev–Trinajstić information content (AvgIpc) is 3.85. The highest BCUT2D eigenvalue weighted by molar-refractivity contribution is 6.26. The predicted octanol–water partition coefficient (Wildman–Crippen LogP) is 13.8. The maximum atomic E-state index is 6.63. The van der Waals surface area contributed by atoms with Crippen molar-refractivity contribution in [2.24, 2.45) is 0 Å². The van der Waals surface area contributed by atoms with Crippen molar-refractivity contribution in [1.82, 2.24) is 15.0 Å². The van der Waals surface area contributed by atoms with Gasteiger partial charge in [-0.25, -0.2) is 15.0 Å². The number of rotatable bonds is 4. The van der Waals surface area contributed by atoms with Gasteiger partial charge >= 0.3 is 0 Å². The first kappa shape index (κ1) is 30.8. The van der Waals surface area contributed by atoms with Crippen LogP contribution in [0.25, 0.3) is 121 Å². The molecule has 0 aliphatic rings. The molecule has 0 spiro atoms. The number of fused-ring (bicyclic) bond motifs is 12. The summed E-state index contributed by atoms with van der Waals surface area (Å²) in [6.07, 6.45) is 0. The van der Waals surface area contributed by atoms with Gasteiger partial charge in [-0.2, -0.15) is 0 Å². The number of aromatic nitrogens is 3. The van der Waals surface area contributed by atoms with Crippen LogP contribution in [-0.2, 0) is 0 Å². The van der Waals surface area contributed by atoms with Crippen molar-refractivity contribution in [2.45, 2.75) is 0 Å². The van der Waals surface area contributed by atoms with E-state index in [9.17, 15) is 0 Å². The van der Waals surface area contributed by atoms with Crippen LogP contribution in [-0.4, -0.2) is 15.0 Å². The van der Waals surface area contributed by atoms with E-state index in [1.807, 2.05) is 66.7 Å². The molecule has 0 radical (unpaired) electrons. The number of hydrogen-bond acceptors (Lipinski definition) is 5. The Hall–Kier alpha value is -7.63. The van der Waals surface area contributed by atoms with Crippen molar-refractivity contribution >= 4 is 76.2 Å². The predicted molar refractivity (Wildman–Crippen MR) is 229 cm³/mol. The lowest BCUT2D eigenvalue weighted by molar-refractivity contribution is 0.668. The fraction of sp³-hybridized carbons (Fsp3) is 0. The van der Waals surface area contributed by atoms with Gasteiger partial charge in [-0.15, -0.1) is 0 Å². The Labute approximate surface area is 320 Å². The summed E-state index contributed by atoms with van der Waals surface area (Å²) >= 11 is 0. The van der Waals surface area contributed by atoms with Crippen LogP contribution in [0.1, 0.15) is 0 Å². The quantitative estimate of drug-likeness (QED) is 0.170. The van der Waals surface area contributed by atoms with E-state index in [0.29, 0.717) is 17.5 Å². The molecule has 3 heterocycles. The van der Waals surface area contributed by atoms with Gasteiger partial charge in [0.25, 0.3) is 0 Å². The summed E-state index contributed by atoms with van der Waals surface area (Å²) in [4.78, 5) is 15.1. The van der Waals surface area contributed by atoms with Gasteiger partial charge < -0.3 is 8.83 Å². The topological polar surface area (TPSA) is 65.0 Å². The molecule has 3 aromatic heterocycles. The summed E-state index contributed by atoms with van der Waals surface area (Å²) in [5.74, 6) is 1.68. The van der Waals surface area contributed by atoms with Crippen LogP contribution in [0.5, 0.6) is 0 Å². The molecule has 12 aromatic rings. The van der Waals surface area contributed by atoms with E-state index in [-0.39, 0.29) is 0 Å². The molecular weight excluding hydrogens is 687 g/mol. The molecule has 0 amide bonds. The van der Waals surface area contributed by atoms with Crippen molar-refractivity contribution in [1.29, 1.82) is 0 Å². The standard InChI is InChI=1S/C51H29N3O2/c1-2-12-30(13-3-1)49-52-50(54-51(53-49)42-21-10-20-40-39-18-8-9-22-44(39)56-48(40)42)32-25-27-41-46(29-32)55-45-23-11-19-33(47(41)45)31-24-26-38-36-16-5-4-14-34(36)35-15-6-7-17-37(35)43(38)28-31/h1-29H. The zero-order chi connectivity index (χ0) is 36.7. The van der Waals surface area contributed by atoms with Gasteiger partial charge in [-0.05, 0) is 79.8 Å². The minimum absolute atomic E-state index is 0.544. The maximum Gasteiger partial charge on any atom is 0.167 e. The number of furan rings is 2. The molecule has 5 heteroatoms. The van der Waals surface area contributed by atoms with Gasteiger partial charge in [0.2, 0.25) is 0 Å². The third kappa shape index (κ3) is 4.64. The van der Waals surface area contributed by atoms with Gasteiger partial charge in [0, 0.05) is 32.7 Å². The highest BCUT2D eigenvalue weighted by Gasteiger charge is 2.20. The molecule has 5 nitrogen and oxygen atoms in total. The SMILES string of the molecule is c1ccc(-c2nc(-c3ccc4c(c3)oc3cccc(-c5ccc6c7ccccc7c7ccccc7c6c5)c34)nc(-c3cccc4c3oc3ccccc34)n2)cc1. The molecule has 12 rings (SSSR count). The summed E-state index contributed by atoms with van der Waals surface area (Å²) in [6, 6.07) is 61.1. The smallest absolute Gasteiger partial charge is 0.167 e. The third-order valence-corrected chi connectivity index (χ3v) is 11.1. The lowest BCUT2D eigenvalue weighted by Crippen LogP contribution is -2.00. The zero-order valence-corrected chi connectivity index (χ0v) is 29.9. The van der Waals surface area contributed by atoms with Crippen LogP contribution in [0, 0.1) is 0 Å². The Morgan fingerprint density at radius 1 is 0.286 bits per heavy atom. The van der Waals surface area contributed by atoms with E-state index < -0.39 is 0 Å². The fourth-order valence-electron chi connectivity index (χ4n) is 8.55. The van der Waals surface area contributed by atoms with Gasteiger partial charge in [0.15, 0.2) is 17.5 Å². The van der Waals surface area contributed by atoms with Crippen molar-refractivity contribution in [3.8, 4) is 45.3 Å². The zero-order valence-electron chi connectivity index (χ0n) is 29.9. The summed E-state index contributed by atoms with van der Waals surface area (Å²) in [5.41, 5.74) is 7.99. The van der Waals surface area contributed by atoms with Crippen LogP contribution in [0.2, 0.25) is 0 Å². The summed E-state index contributed by atoms with van der Waals surface area (Å²) < 4.78 is 13.0. The molecular formula is C51H29N3O2. The number of hydrogen-bond donors (Lipinski definition) is 0. The maximum absolute atomic E-state index is 6.63. The normalized spacial score (nSPS) is 11.9. The minimum Gasteiger partial charge on any atom is -0.456 e. The van der Waals surface area contributed by atoms with Gasteiger partial charge in [0.1, 0.15) is 22.3 Å². The van der Waals surface area contributed by atoms with E-state index >= 15 is 0 Å². The second-order valence-corrected chi connectivity index (χ2v) is 14.3. The summed E-state index contributed by atoms with van der Waals surface area (Å²) in [6.45, 7) is 0. The van der Waals surface area contributed by atoms with E-state index in [1.54, 1.807) is 0 Å². The van der Waals surface area contributed by atoms with Gasteiger partial charge in [-0.3, -0.25) is 0 Å². The molecule has 9 aromatic carbocycles. The highest BCUT2D eigenvalue weighted by Crippen LogP contribution is 2.42. The van der Waals surface area contributed by atoms with E-state index in [0.717, 1.165) is 71.7 Å². The van der Waals surface area contributed by atoms with Crippen molar-refractivity contribution in [3.63, 3.8) is 0 Å². The third-order valence-electron chi connectivity index (χ3n) is 11.1. The Morgan fingerprint density at radius 2 is 0.839 bits per heavy atom. The first-order valence-corrected chi connectivity index (χ1v) is 18.8. The van der Waals surface area contributed by atoms with E-state index in [2.05, 4.69) is 109 Å². The molecule has 0 bridgehead atoms. The lowest BCUT2D eigenvalue weighted by Gasteiger charge is -2.12. The molecule has 0 aliphatic heterocycles. The first-order valence-electron chi connectivity index (χ1n) is 18.8. The largest absolute Gasteiger partial charge is 0.456 e. The Bertz CT molecular complexity index is 3510. The second kappa shape index (κ2) is 11.9. The molecule has 56 heavy (non-hydrogen) atoms. The number of para-hydroxylation sites is 2. The van der Waals surface area contributed by atoms with Crippen molar-refractivity contribution < 1.29 is 8.83 Å². The minimum atomic E-state index is 0.544. The molecule has 0 fully saturated rings. The van der Waals surface area contributed by atoms with Crippen LogP contribution < -0.4 is 0 Å². The molecule has 0 N–H and O–H groups in total. The average molecular weight is 716 g/mol. The first-order chi connectivity index (χ1) is 27.7. The molecule has 0 atom stereocenters. The molecule has 0 unspecified atom stereocenters. The molecule has 260 valence electrons. The van der Waals surface area contributed by atoms with Crippen LogP contribution >= 0.6 is 0 Å². The van der Waals surface area contributed by atoms with Crippen LogP contribution in [0.4, 0.5) is 0 Å². The molecule has 0 aliphatic carbocycles. The molecule has 0 saturated carbocycles. The Morgan fingerprint density at radius 3 is 1.62 bits per heavy atom. The fourth-order valence-corrected chi connectivity index (χ4v) is 8.55. The second-order valence-electron chi connectivity index (χ2n) is 14.3. The van der Waals surface area contributed by atoms with Crippen molar-refractivity contribution in [2.75, 3.05) is 0 Å². The number of nitrogens with zero attached hydrogens (tertiary/aromatic N) is 3. The summed E-state index contributed by atoms with van der Waals surface area (Å²) in [7, 11) is 0. The van der Waals surface area contributed by atoms with E-state index in [4.69, 9.17) is 23.8 Å². The van der Waals surface area contributed by atoms with E-state index in [1.165, 1.54) is 32.3 Å².